The molecule has 1 aromatic rings. The van der Waals surface area contributed by atoms with Gasteiger partial charge in [-0.2, -0.15) is 11.8 Å². The number of rotatable bonds is 4. The van der Waals surface area contributed by atoms with Gasteiger partial charge in [-0.3, -0.25) is 14.5 Å². The summed E-state index contributed by atoms with van der Waals surface area (Å²) in [6, 6.07) is 3.35. The summed E-state index contributed by atoms with van der Waals surface area (Å²) in [5.74, 6) is 2.18. The third-order valence-corrected chi connectivity index (χ3v) is 6.82. The zero-order valence-electron chi connectivity index (χ0n) is 15.9. The summed E-state index contributed by atoms with van der Waals surface area (Å²) in [6.45, 7) is 0.727. The number of hydrogen-bond donors (Lipinski definition) is 1. The van der Waals surface area contributed by atoms with Crippen LogP contribution in [-0.4, -0.2) is 72.0 Å². The Kier molecular flexibility index (Phi) is 4.86. The highest BCUT2D eigenvalue weighted by atomic mass is 32.2. The Balaban J connectivity index is 1.47. The highest BCUT2D eigenvalue weighted by Gasteiger charge is 2.53. The maximum Gasteiger partial charge on any atom is 0.325 e. The number of hydrogen-bond acceptors (Lipinski definition) is 6. The van der Waals surface area contributed by atoms with Gasteiger partial charge < -0.3 is 19.7 Å². The fraction of sp³-hybridized carbons (Fsp3) is 0.526. The van der Waals surface area contributed by atoms with E-state index in [1.165, 1.54) is 0 Å². The molecular weight excluding hydrogens is 382 g/mol. The topological polar surface area (TPSA) is 88.2 Å². The van der Waals surface area contributed by atoms with Crippen LogP contribution >= 0.6 is 11.8 Å². The largest absolute Gasteiger partial charge is 0.493 e. The molecule has 0 radical (unpaired) electrons. The van der Waals surface area contributed by atoms with Crippen molar-refractivity contribution in [3.63, 3.8) is 0 Å². The van der Waals surface area contributed by atoms with E-state index in [2.05, 4.69) is 5.32 Å². The molecule has 9 heteroatoms. The summed E-state index contributed by atoms with van der Waals surface area (Å²) in [5, 5.41) is 2.80. The van der Waals surface area contributed by atoms with Crippen LogP contribution in [0, 0.1) is 0 Å². The molecule has 4 amide bonds. The van der Waals surface area contributed by atoms with Gasteiger partial charge in [0, 0.05) is 18.8 Å². The Hall–Kier alpha value is -2.42. The van der Waals surface area contributed by atoms with Crippen molar-refractivity contribution in [1.29, 1.82) is 0 Å². The third kappa shape index (κ3) is 3.07. The van der Waals surface area contributed by atoms with Crippen molar-refractivity contribution in [2.45, 2.75) is 24.9 Å². The van der Waals surface area contributed by atoms with Crippen LogP contribution in [0.2, 0.25) is 0 Å². The van der Waals surface area contributed by atoms with Gasteiger partial charge >= 0.3 is 6.03 Å². The molecular formula is C19H23N3O5S. The van der Waals surface area contributed by atoms with Crippen molar-refractivity contribution in [2.24, 2.45) is 0 Å². The normalized spacial score (nSPS) is 23.8. The molecule has 3 aliphatic rings. The first-order valence-electron chi connectivity index (χ1n) is 9.21. The zero-order chi connectivity index (χ0) is 19.9. The molecule has 1 N–H and O–H groups in total. The summed E-state index contributed by atoms with van der Waals surface area (Å²) < 4.78 is 10.7. The number of benzene rings is 1. The Morgan fingerprint density at radius 3 is 2.57 bits per heavy atom. The number of imide groups is 1. The Morgan fingerprint density at radius 1 is 1.21 bits per heavy atom. The molecule has 1 unspecified atom stereocenters. The second-order valence-electron chi connectivity index (χ2n) is 7.25. The lowest BCUT2D eigenvalue weighted by Gasteiger charge is -2.30. The number of nitrogens with one attached hydrogen (secondary N) is 1. The highest BCUT2D eigenvalue weighted by molar-refractivity contribution is 7.99. The lowest BCUT2D eigenvalue weighted by molar-refractivity contribution is -0.139. The van der Waals surface area contributed by atoms with Gasteiger partial charge in [0.2, 0.25) is 5.91 Å². The van der Waals surface area contributed by atoms with E-state index in [9.17, 15) is 14.4 Å². The van der Waals surface area contributed by atoms with E-state index < -0.39 is 11.6 Å². The number of nitrogens with zero attached hydrogens (tertiary/aromatic N) is 2. The van der Waals surface area contributed by atoms with Gasteiger partial charge in [0.05, 0.1) is 14.2 Å². The van der Waals surface area contributed by atoms with Gasteiger partial charge in [0.1, 0.15) is 12.1 Å². The second-order valence-corrected chi connectivity index (χ2v) is 8.35. The molecule has 0 aromatic heterocycles. The summed E-state index contributed by atoms with van der Waals surface area (Å²) >= 11 is 1.64. The molecule has 2 saturated heterocycles. The second kappa shape index (κ2) is 7.20. The van der Waals surface area contributed by atoms with Crippen molar-refractivity contribution in [2.75, 3.05) is 38.8 Å². The molecule has 0 bridgehead atoms. The zero-order valence-corrected chi connectivity index (χ0v) is 16.8. The molecule has 150 valence electrons. The lowest BCUT2D eigenvalue weighted by Crippen LogP contribution is -2.48. The van der Waals surface area contributed by atoms with E-state index in [4.69, 9.17) is 9.47 Å². The lowest BCUT2D eigenvalue weighted by atomic mass is 9.98. The fourth-order valence-corrected chi connectivity index (χ4v) is 5.31. The predicted octanol–water partition coefficient (Wildman–Crippen LogP) is 1.02. The van der Waals surface area contributed by atoms with Gasteiger partial charge in [-0.05, 0) is 41.9 Å². The van der Waals surface area contributed by atoms with Crippen LogP contribution in [0.5, 0.6) is 11.5 Å². The number of amides is 4. The predicted molar refractivity (Wildman–Crippen MR) is 104 cm³/mol. The Morgan fingerprint density at radius 2 is 1.93 bits per heavy atom. The van der Waals surface area contributed by atoms with Crippen LogP contribution in [0.3, 0.4) is 0 Å². The SMILES string of the molecule is COc1cc2c(cc1OC)CN(C(=O)CN1C(=O)NC3(CCSC3)C1=O)CC2. The van der Waals surface area contributed by atoms with Crippen LogP contribution in [0.4, 0.5) is 4.79 Å². The van der Waals surface area contributed by atoms with Crippen LogP contribution < -0.4 is 14.8 Å². The maximum absolute atomic E-state index is 12.8. The van der Waals surface area contributed by atoms with Gasteiger partial charge in [-0.15, -0.1) is 0 Å². The molecule has 0 saturated carbocycles. The minimum Gasteiger partial charge on any atom is -0.493 e. The monoisotopic (exact) mass is 405 g/mol. The number of carbonyl (C=O) groups excluding carboxylic acids is 3. The minimum absolute atomic E-state index is 0.223. The molecule has 1 atom stereocenters. The van der Waals surface area contributed by atoms with E-state index in [0.29, 0.717) is 43.2 Å². The molecule has 4 rings (SSSR count). The van der Waals surface area contributed by atoms with E-state index in [1.54, 1.807) is 30.9 Å². The molecule has 28 heavy (non-hydrogen) atoms. The first kappa shape index (κ1) is 18.9. The number of methoxy groups -OCH3 is 2. The highest BCUT2D eigenvalue weighted by Crippen LogP contribution is 2.35. The Bertz CT molecular complexity index is 837. The summed E-state index contributed by atoms with van der Waals surface area (Å²) in [6.07, 6.45) is 1.30. The minimum atomic E-state index is -0.819. The summed E-state index contributed by atoms with van der Waals surface area (Å²) in [7, 11) is 3.17. The fourth-order valence-electron chi connectivity index (χ4n) is 3.98. The number of fused-ring (bicyclic) bond motifs is 1. The van der Waals surface area contributed by atoms with E-state index in [0.717, 1.165) is 21.8 Å². The molecule has 3 aliphatic heterocycles. The summed E-state index contributed by atoms with van der Waals surface area (Å²) in [5.41, 5.74) is 1.28. The molecule has 1 spiro atoms. The molecule has 8 nitrogen and oxygen atoms in total. The third-order valence-electron chi connectivity index (χ3n) is 5.63. The van der Waals surface area contributed by atoms with Gasteiger partial charge in [0.25, 0.3) is 5.91 Å². The number of ether oxygens (including phenoxy) is 2. The van der Waals surface area contributed by atoms with Crippen LogP contribution in [0.25, 0.3) is 0 Å². The van der Waals surface area contributed by atoms with Crippen LogP contribution in [0.15, 0.2) is 12.1 Å². The average molecular weight is 405 g/mol. The number of carbonyl (C=O) groups is 3. The van der Waals surface area contributed by atoms with Gasteiger partial charge in [-0.1, -0.05) is 0 Å². The molecule has 0 aliphatic carbocycles. The molecule has 2 fully saturated rings. The van der Waals surface area contributed by atoms with Gasteiger partial charge in [-0.25, -0.2) is 4.79 Å². The van der Waals surface area contributed by atoms with Crippen LogP contribution in [-0.2, 0) is 22.6 Å². The molecule has 1 aromatic carbocycles. The number of urea groups is 1. The average Bonchev–Trinajstić information content (AvgIpc) is 3.26. The van der Waals surface area contributed by atoms with Crippen molar-refractivity contribution in [3.8, 4) is 11.5 Å². The van der Waals surface area contributed by atoms with Crippen molar-refractivity contribution in [3.05, 3.63) is 23.3 Å². The first-order valence-corrected chi connectivity index (χ1v) is 10.4. The van der Waals surface area contributed by atoms with Crippen molar-refractivity contribution >= 4 is 29.6 Å². The van der Waals surface area contributed by atoms with E-state index in [-0.39, 0.29) is 18.4 Å². The maximum atomic E-state index is 12.8. The smallest absolute Gasteiger partial charge is 0.325 e. The number of thioether (sulfide) groups is 1. The van der Waals surface area contributed by atoms with E-state index >= 15 is 0 Å². The van der Waals surface area contributed by atoms with Crippen molar-refractivity contribution in [1.82, 2.24) is 15.1 Å². The van der Waals surface area contributed by atoms with E-state index in [1.807, 2.05) is 12.1 Å². The van der Waals surface area contributed by atoms with Crippen molar-refractivity contribution < 1.29 is 23.9 Å². The summed E-state index contributed by atoms with van der Waals surface area (Å²) in [4.78, 5) is 40.6. The first-order chi connectivity index (χ1) is 13.5. The Labute approximate surface area is 167 Å². The van der Waals surface area contributed by atoms with Crippen LogP contribution in [0.1, 0.15) is 17.5 Å². The molecule has 3 heterocycles. The van der Waals surface area contributed by atoms with Gasteiger partial charge in [0.15, 0.2) is 11.5 Å². The quantitative estimate of drug-likeness (QED) is 0.753. The standard InChI is InChI=1S/C19H23N3O5S/c1-26-14-7-12-3-5-21(9-13(12)8-15(14)27-2)16(23)10-22-17(24)19(20-18(22)25)4-6-28-11-19/h7-8H,3-6,9-11H2,1-2H3,(H,20,25).